The Labute approximate surface area is 250 Å². The van der Waals surface area contributed by atoms with E-state index in [4.69, 9.17) is 30.4 Å². The Morgan fingerprint density at radius 2 is 1.81 bits per heavy atom. The summed E-state index contributed by atoms with van der Waals surface area (Å²) in [7, 11) is 2.52. The Balaban J connectivity index is 0.00000248. The van der Waals surface area contributed by atoms with Gasteiger partial charge in [-0.2, -0.15) is 0 Å². The maximum Gasteiger partial charge on any atom is 0.416 e. The van der Waals surface area contributed by atoms with E-state index in [1.165, 1.54) is 31.4 Å². The number of fused-ring (bicyclic) bond motifs is 1. The molecule has 0 saturated carbocycles. The molecule has 43 heavy (non-hydrogen) atoms. The van der Waals surface area contributed by atoms with Crippen LogP contribution >= 0.6 is 0 Å². The van der Waals surface area contributed by atoms with E-state index in [1.807, 2.05) is 18.7 Å². The number of esters is 1. The molecule has 1 aromatic carbocycles. The van der Waals surface area contributed by atoms with Gasteiger partial charge >= 0.3 is 12.1 Å². The lowest BCUT2D eigenvalue weighted by Crippen LogP contribution is -2.51. The summed E-state index contributed by atoms with van der Waals surface area (Å²) < 4.78 is 50.0. The molecular formula is C30H39F2N5O6. The normalized spacial score (nSPS) is 18.4. The third-order valence-electron chi connectivity index (χ3n) is 6.51. The van der Waals surface area contributed by atoms with E-state index >= 15 is 0 Å². The number of pyridine rings is 1. The van der Waals surface area contributed by atoms with Crippen molar-refractivity contribution < 1.29 is 37.3 Å². The number of halogens is 2. The molecule has 4 N–H and O–H groups in total. The second-order valence-electron chi connectivity index (χ2n) is 10.6. The number of nitrogens with two attached hydrogens (primary N) is 2. The lowest BCUT2D eigenvalue weighted by atomic mass is 10.1. The van der Waals surface area contributed by atoms with Crippen molar-refractivity contribution in [2.75, 3.05) is 27.3 Å². The van der Waals surface area contributed by atoms with E-state index < -0.39 is 29.3 Å². The number of methoxy groups -OCH3 is 2. The molecule has 1 amide bonds. The highest BCUT2D eigenvalue weighted by atomic mass is 19.1. The quantitative estimate of drug-likeness (QED) is 0.457. The van der Waals surface area contributed by atoms with Crippen molar-refractivity contribution in [2.45, 2.75) is 58.8 Å². The molecule has 3 heterocycles. The van der Waals surface area contributed by atoms with Crippen LogP contribution in [0, 0.1) is 11.6 Å². The topological polar surface area (TPSA) is 142 Å². The number of allylic oxidation sites excluding steroid dienone is 1. The predicted octanol–water partition coefficient (Wildman–Crippen LogP) is 4.38. The fourth-order valence-electron chi connectivity index (χ4n) is 4.74. The number of benzene rings is 1. The van der Waals surface area contributed by atoms with Crippen molar-refractivity contribution in [3.8, 4) is 11.6 Å². The number of aromatic nitrogens is 1. The summed E-state index contributed by atoms with van der Waals surface area (Å²) in [5.74, 6) is -2.17. The lowest BCUT2D eigenvalue weighted by Gasteiger charge is -2.39. The third-order valence-corrected chi connectivity index (χ3v) is 6.51. The average Bonchev–Trinajstić information content (AvgIpc) is 3.36. The molecule has 0 bridgehead atoms. The zero-order valence-electron chi connectivity index (χ0n) is 25.4. The molecule has 2 aliphatic rings. The Bertz CT molecular complexity index is 1390. The van der Waals surface area contributed by atoms with Gasteiger partial charge in [-0.1, -0.05) is 13.8 Å². The third kappa shape index (κ3) is 7.65. The van der Waals surface area contributed by atoms with Crippen molar-refractivity contribution in [3.63, 3.8) is 0 Å². The van der Waals surface area contributed by atoms with Gasteiger partial charge in [-0.05, 0) is 39.0 Å². The first kappa shape index (κ1) is 33.0. The SMILES string of the molecule is CC.COC(=O)c1ccc(OC2CC3CN(C(=O)OC(C)(C)C)C(N)=C(/C=C(\N)c4cc(F)cc(F)c4OC)N3C2)nc1. The minimum absolute atomic E-state index is 0.0156. The van der Waals surface area contributed by atoms with Crippen LogP contribution < -0.4 is 20.9 Å². The summed E-state index contributed by atoms with van der Waals surface area (Å²) in [5.41, 5.74) is 12.6. The maximum atomic E-state index is 14.4. The monoisotopic (exact) mass is 603 g/mol. The summed E-state index contributed by atoms with van der Waals surface area (Å²) in [5, 5.41) is 0. The molecule has 1 saturated heterocycles. The van der Waals surface area contributed by atoms with Gasteiger partial charge in [0, 0.05) is 36.0 Å². The highest BCUT2D eigenvalue weighted by Gasteiger charge is 2.43. The van der Waals surface area contributed by atoms with Crippen LogP contribution in [0.5, 0.6) is 11.6 Å². The standard InChI is InChI=1S/C28H33F2N5O6.C2H6/c1-28(2,3)41-27(37)35-13-17-10-18(40-23-7-6-15(12-33-23)26(36)39-5)14-34(17)22(25(35)32)11-21(31)19-8-16(29)9-20(30)24(19)38-4;1-2/h6-9,11-12,17-18H,10,13-14,31-32H2,1-5H3;1-2H3/b21-11-;. The van der Waals surface area contributed by atoms with Gasteiger partial charge in [0.15, 0.2) is 11.6 Å². The van der Waals surface area contributed by atoms with Crippen molar-refractivity contribution in [2.24, 2.45) is 11.5 Å². The van der Waals surface area contributed by atoms with Crippen LogP contribution in [-0.2, 0) is 9.47 Å². The van der Waals surface area contributed by atoms with E-state index in [2.05, 4.69) is 4.98 Å². The van der Waals surface area contributed by atoms with Gasteiger partial charge < -0.3 is 35.3 Å². The number of hydrogen-bond donors (Lipinski definition) is 2. The Kier molecular flexibility index (Phi) is 10.4. The molecule has 0 radical (unpaired) electrons. The minimum atomic E-state index is -0.918. The van der Waals surface area contributed by atoms with Crippen molar-refractivity contribution in [1.82, 2.24) is 14.8 Å². The molecule has 1 aromatic heterocycles. The highest BCUT2D eigenvalue weighted by molar-refractivity contribution is 5.88. The molecule has 2 aromatic rings. The van der Waals surface area contributed by atoms with E-state index in [-0.39, 0.29) is 47.1 Å². The zero-order valence-corrected chi connectivity index (χ0v) is 25.4. The molecule has 0 spiro atoms. The fraction of sp³-hybridized carbons (Fsp3) is 0.433. The molecule has 11 nitrogen and oxygen atoms in total. The molecule has 234 valence electrons. The van der Waals surface area contributed by atoms with Crippen molar-refractivity contribution in [1.29, 1.82) is 0 Å². The number of ether oxygens (including phenoxy) is 4. The zero-order chi connectivity index (χ0) is 32.1. The van der Waals surface area contributed by atoms with Crippen LogP contribution in [0.4, 0.5) is 13.6 Å². The van der Waals surface area contributed by atoms with E-state index in [0.717, 1.165) is 6.07 Å². The van der Waals surface area contributed by atoms with Gasteiger partial charge in [-0.15, -0.1) is 0 Å². The van der Waals surface area contributed by atoms with Crippen LogP contribution in [0.3, 0.4) is 0 Å². The Morgan fingerprint density at radius 1 is 1.12 bits per heavy atom. The van der Waals surface area contributed by atoms with E-state index in [9.17, 15) is 18.4 Å². The summed E-state index contributed by atoms with van der Waals surface area (Å²) in [6.07, 6.45) is 2.24. The summed E-state index contributed by atoms with van der Waals surface area (Å²) in [4.78, 5) is 32.2. The number of hydrogen-bond acceptors (Lipinski definition) is 10. The van der Waals surface area contributed by atoms with Crippen LogP contribution in [0.1, 0.15) is 57.0 Å². The molecule has 4 rings (SSSR count). The first-order valence-corrected chi connectivity index (χ1v) is 13.8. The second-order valence-corrected chi connectivity index (χ2v) is 10.6. The van der Waals surface area contributed by atoms with Crippen molar-refractivity contribution >= 4 is 17.8 Å². The lowest BCUT2D eigenvalue weighted by molar-refractivity contribution is 0.0243. The maximum absolute atomic E-state index is 14.4. The van der Waals surface area contributed by atoms with E-state index in [1.54, 1.807) is 32.9 Å². The smallest absolute Gasteiger partial charge is 0.416 e. The number of nitrogens with zero attached hydrogens (tertiary/aromatic N) is 3. The number of carbonyl (C=O) groups is 2. The summed E-state index contributed by atoms with van der Waals surface area (Å²) in [6.45, 7) is 9.75. The molecular weight excluding hydrogens is 564 g/mol. The van der Waals surface area contributed by atoms with Crippen LogP contribution in [0.2, 0.25) is 0 Å². The first-order chi connectivity index (χ1) is 20.3. The van der Waals surface area contributed by atoms with Crippen molar-refractivity contribution in [3.05, 3.63) is 70.8 Å². The fourth-order valence-corrected chi connectivity index (χ4v) is 4.74. The minimum Gasteiger partial charge on any atom is -0.493 e. The summed E-state index contributed by atoms with van der Waals surface area (Å²) >= 11 is 0. The number of carbonyl (C=O) groups excluding carboxylic acids is 2. The van der Waals surface area contributed by atoms with Gasteiger partial charge in [0.05, 0.1) is 44.6 Å². The van der Waals surface area contributed by atoms with Gasteiger partial charge in [-0.3, -0.25) is 4.90 Å². The molecule has 13 heteroatoms. The second kappa shape index (κ2) is 13.6. The molecule has 1 fully saturated rings. The average molecular weight is 604 g/mol. The summed E-state index contributed by atoms with van der Waals surface area (Å²) in [6, 6.07) is 4.58. The number of rotatable bonds is 6. The van der Waals surface area contributed by atoms with Gasteiger partial charge in [-0.25, -0.2) is 23.4 Å². The predicted molar refractivity (Wildman–Crippen MR) is 156 cm³/mol. The largest absolute Gasteiger partial charge is 0.493 e. The van der Waals surface area contributed by atoms with Gasteiger partial charge in [0.2, 0.25) is 5.88 Å². The molecule has 2 aliphatic heterocycles. The van der Waals surface area contributed by atoms with E-state index in [0.29, 0.717) is 30.6 Å². The highest BCUT2D eigenvalue weighted by Crippen LogP contribution is 2.35. The number of amides is 1. The van der Waals surface area contributed by atoms with Crippen LogP contribution in [0.15, 0.2) is 48.1 Å². The molecule has 2 unspecified atom stereocenters. The van der Waals surface area contributed by atoms with Gasteiger partial charge in [0.1, 0.15) is 23.3 Å². The van der Waals surface area contributed by atoms with Crippen LogP contribution in [-0.4, -0.2) is 71.9 Å². The Morgan fingerprint density at radius 3 is 2.40 bits per heavy atom. The first-order valence-electron chi connectivity index (χ1n) is 13.8. The van der Waals surface area contributed by atoms with Crippen LogP contribution in [0.25, 0.3) is 5.70 Å². The molecule has 2 atom stereocenters. The van der Waals surface area contributed by atoms with Gasteiger partial charge in [0.25, 0.3) is 0 Å². The molecule has 0 aliphatic carbocycles. The Hall–Kier alpha value is -4.55.